The summed E-state index contributed by atoms with van der Waals surface area (Å²) in [6.07, 6.45) is 4.77. The van der Waals surface area contributed by atoms with Gasteiger partial charge in [-0.15, -0.1) is 12.3 Å². The van der Waals surface area contributed by atoms with Crippen LogP contribution >= 0.6 is 0 Å². The summed E-state index contributed by atoms with van der Waals surface area (Å²) in [6, 6.07) is 15.0. The molecule has 2 aromatic rings. The maximum atomic E-state index is 12.7. The first-order valence-electron chi connectivity index (χ1n) is 10.8. The van der Waals surface area contributed by atoms with E-state index in [1.54, 1.807) is 13.8 Å². The third-order valence-electron chi connectivity index (χ3n) is 5.70. The predicted molar refractivity (Wildman–Crippen MR) is 125 cm³/mol. The Morgan fingerprint density at radius 1 is 1.09 bits per heavy atom. The topological polar surface area (TPSA) is 105 Å². The second-order valence-electron chi connectivity index (χ2n) is 8.70. The first-order valence-corrected chi connectivity index (χ1v) is 10.8. The molecule has 0 aliphatic heterocycles. The molecule has 1 unspecified atom stereocenters. The Kier molecular flexibility index (Phi) is 7.39. The van der Waals surface area contributed by atoms with Crippen LogP contribution in [0.25, 0.3) is 11.1 Å². The summed E-state index contributed by atoms with van der Waals surface area (Å²) in [5.41, 5.74) is 3.64. The maximum absolute atomic E-state index is 12.7. The Morgan fingerprint density at radius 3 is 2.21 bits per heavy atom. The first kappa shape index (κ1) is 23.9. The number of fused-ring (bicyclic) bond motifs is 3. The molecule has 3 N–H and O–H groups in total. The number of carboxylic acids is 1. The average molecular weight is 449 g/mol. The van der Waals surface area contributed by atoms with Crippen molar-refractivity contribution in [3.63, 3.8) is 0 Å². The lowest BCUT2D eigenvalue weighted by molar-refractivity contribution is -0.138. The Labute approximate surface area is 193 Å². The van der Waals surface area contributed by atoms with Crippen molar-refractivity contribution in [2.24, 2.45) is 0 Å². The quantitative estimate of drug-likeness (QED) is 0.508. The third-order valence-corrected chi connectivity index (χ3v) is 5.70. The van der Waals surface area contributed by atoms with E-state index in [-0.39, 0.29) is 31.8 Å². The number of rotatable bonds is 9. The molecule has 0 saturated carbocycles. The third kappa shape index (κ3) is 5.92. The molecule has 0 fully saturated rings. The summed E-state index contributed by atoms with van der Waals surface area (Å²) in [7, 11) is 0. The molecule has 0 aromatic heterocycles. The number of ether oxygens (including phenoxy) is 1. The smallest absolute Gasteiger partial charge is 0.407 e. The van der Waals surface area contributed by atoms with E-state index in [4.69, 9.17) is 16.3 Å². The minimum absolute atomic E-state index is 0.0228. The number of hydrogen-bond acceptors (Lipinski definition) is 4. The lowest BCUT2D eigenvalue weighted by Crippen LogP contribution is -2.53. The van der Waals surface area contributed by atoms with E-state index in [9.17, 15) is 14.4 Å². The Balaban J connectivity index is 1.62. The van der Waals surface area contributed by atoms with Gasteiger partial charge in [0, 0.05) is 24.3 Å². The van der Waals surface area contributed by atoms with Crippen LogP contribution in [0, 0.1) is 12.3 Å². The molecular formula is C26H28N2O5. The van der Waals surface area contributed by atoms with Crippen molar-refractivity contribution in [1.82, 2.24) is 10.6 Å². The van der Waals surface area contributed by atoms with Gasteiger partial charge in [0.2, 0.25) is 5.91 Å². The molecule has 0 heterocycles. The van der Waals surface area contributed by atoms with Gasteiger partial charge in [0.1, 0.15) is 12.6 Å². The van der Waals surface area contributed by atoms with Crippen molar-refractivity contribution >= 4 is 18.0 Å². The van der Waals surface area contributed by atoms with Crippen LogP contribution in [0.3, 0.4) is 0 Å². The zero-order valence-electron chi connectivity index (χ0n) is 18.8. The van der Waals surface area contributed by atoms with Crippen LogP contribution in [0.4, 0.5) is 4.79 Å². The van der Waals surface area contributed by atoms with E-state index in [1.165, 1.54) is 0 Å². The summed E-state index contributed by atoms with van der Waals surface area (Å²) in [5.74, 6) is 0.850. The van der Waals surface area contributed by atoms with E-state index < -0.39 is 29.6 Å². The zero-order valence-corrected chi connectivity index (χ0v) is 18.8. The summed E-state index contributed by atoms with van der Waals surface area (Å²) in [5, 5.41) is 14.2. The predicted octanol–water partition coefficient (Wildman–Crippen LogP) is 3.68. The number of benzene rings is 2. The number of nitrogens with one attached hydrogen (secondary N) is 2. The fourth-order valence-electron chi connectivity index (χ4n) is 4.01. The molecule has 1 aliphatic carbocycles. The number of aliphatic carboxylic acids is 1. The number of hydrogen-bond donors (Lipinski definition) is 3. The van der Waals surface area contributed by atoms with Crippen molar-refractivity contribution in [3.05, 3.63) is 59.7 Å². The molecule has 2 aromatic carbocycles. The fraction of sp³-hybridized carbons (Fsp3) is 0.346. The highest BCUT2D eigenvalue weighted by atomic mass is 16.5. The molecule has 0 bridgehead atoms. The zero-order chi connectivity index (χ0) is 24.0. The van der Waals surface area contributed by atoms with Gasteiger partial charge in [-0.05, 0) is 42.5 Å². The van der Waals surface area contributed by atoms with Gasteiger partial charge in [-0.25, -0.2) is 4.79 Å². The Hall–Kier alpha value is -3.79. The monoisotopic (exact) mass is 448 g/mol. The van der Waals surface area contributed by atoms with Crippen molar-refractivity contribution in [3.8, 4) is 23.5 Å². The molecule has 2 amide bonds. The van der Waals surface area contributed by atoms with Crippen molar-refractivity contribution in [2.45, 2.75) is 50.6 Å². The molecule has 1 aliphatic rings. The van der Waals surface area contributed by atoms with E-state index in [2.05, 4.69) is 16.6 Å². The lowest BCUT2D eigenvalue weighted by Gasteiger charge is -2.28. The molecule has 33 heavy (non-hydrogen) atoms. The van der Waals surface area contributed by atoms with Crippen LogP contribution in [0.15, 0.2) is 48.5 Å². The van der Waals surface area contributed by atoms with Gasteiger partial charge >= 0.3 is 12.1 Å². The van der Waals surface area contributed by atoms with Gasteiger partial charge in [0.25, 0.3) is 0 Å². The Bertz CT molecular complexity index is 1040. The summed E-state index contributed by atoms with van der Waals surface area (Å²) in [6.45, 7) is 3.55. The standard InChI is InChI=1S/C26H28N2O5/c1-4-9-22(24(31)28-26(2,3)15-14-23(29)30)27-25(32)33-16-21-19-12-7-5-10-17(19)18-11-6-8-13-20(18)21/h1,5-8,10-13,21-22H,9,14-16H2,2-3H3,(H,27,32)(H,28,31)(H,29,30). The van der Waals surface area contributed by atoms with E-state index in [0.29, 0.717) is 0 Å². The summed E-state index contributed by atoms with van der Waals surface area (Å²) in [4.78, 5) is 36.1. The Morgan fingerprint density at radius 2 is 1.67 bits per heavy atom. The van der Waals surface area contributed by atoms with Crippen LogP contribution in [0.1, 0.15) is 50.2 Å². The number of terminal acetylenes is 1. The van der Waals surface area contributed by atoms with Crippen LogP contribution in [-0.4, -0.2) is 41.3 Å². The molecular weight excluding hydrogens is 420 g/mol. The second kappa shape index (κ2) is 10.2. The molecule has 0 saturated heterocycles. The highest BCUT2D eigenvalue weighted by Gasteiger charge is 2.30. The van der Waals surface area contributed by atoms with Gasteiger partial charge in [-0.1, -0.05) is 48.5 Å². The van der Waals surface area contributed by atoms with Crippen LogP contribution < -0.4 is 10.6 Å². The SMILES string of the molecule is C#CCC(NC(=O)OCC1c2ccccc2-c2ccccc21)C(=O)NC(C)(C)CCC(=O)O. The van der Waals surface area contributed by atoms with Crippen LogP contribution in [0.5, 0.6) is 0 Å². The lowest BCUT2D eigenvalue weighted by atomic mass is 9.97. The van der Waals surface area contributed by atoms with Gasteiger partial charge in [0.15, 0.2) is 0 Å². The van der Waals surface area contributed by atoms with E-state index in [0.717, 1.165) is 22.3 Å². The minimum atomic E-state index is -0.991. The number of amides is 2. The summed E-state index contributed by atoms with van der Waals surface area (Å²) >= 11 is 0. The molecule has 0 spiro atoms. The van der Waals surface area contributed by atoms with Gasteiger partial charge < -0.3 is 20.5 Å². The summed E-state index contributed by atoms with van der Waals surface area (Å²) < 4.78 is 5.50. The van der Waals surface area contributed by atoms with E-state index in [1.807, 2.05) is 48.5 Å². The molecule has 7 heteroatoms. The largest absolute Gasteiger partial charge is 0.481 e. The van der Waals surface area contributed by atoms with Gasteiger partial charge in [-0.2, -0.15) is 0 Å². The normalized spacial score (nSPS) is 13.2. The van der Waals surface area contributed by atoms with Gasteiger partial charge in [-0.3, -0.25) is 9.59 Å². The van der Waals surface area contributed by atoms with Crippen LogP contribution in [0.2, 0.25) is 0 Å². The molecule has 1 atom stereocenters. The highest BCUT2D eigenvalue weighted by molar-refractivity contribution is 5.86. The van der Waals surface area contributed by atoms with Gasteiger partial charge in [0.05, 0.1) is 0 Å². The second-order valence-corrected chi connectivity index (χ2v) is 8.70. The highest BCUT2D eigenvalue weighted by Crippen LogP contribution is 2.44. The molecule has 7 nitrogen and oxygen atoms in total. The minimum Gasteiger partial charge on any atom is -0.481 e. The maximum Gasteiger partial charge on any atom is 0.407 e. The van der Waals surface area contributed by atoms with E-state index >= 15 is 0 Å². The fourth-order valence-corrected chi connectivity index (χ4v) is 4.01. The molecule has 172 valence electrons. The number of carbonyl (C=O) groups is 3. The number of alkyl carbamates (subject to hydrolysis) is 1. The number of carbonyl (C=O) groups excluding carboxylic acids is 2. The molecule has 0 radical (unpaired) electrons. The number of carboxylic acid groups (broad SMARTS) is 1. The van der Waals surface area contributed by atoms with Crippen molar-refractivity contribution in [1.29, 1.82) is 0 Å². The van der Waals surface area contributed by atoms with Crippen molar-refractivity contribution < 1.29 is 24.2 Å². The van der Waals surface area contributed by atoms with Crippen molar-refractivity contribution in [2.75, 3.05) is 6.61 Å². The molecule has 3 rings (SSSR count). The average Bonchev–Trinajstić information content (AvgIpc) is 3.09. The first-order chi connectivity index (χ1) is 15.7. The van der Waals surface area contributed by atoms with Crippen LogP contribution in [-0.2, 0) is 14.3 Å².